The second-order valence-corrected chi connectivity index (χ2v) is 8.05. The van der Waals surface area contributed by atoms with Crippen LogP contribution >= 0.6 is 0 Å². The van der Waals surface area contributed by atoms with Crippen LogP contribution in [-0.4, -0.2) is 41.2 Å². The molecule has 1 saturated carbocycles. The summed E-state index contributed by atoms with van der Waals surface area (Å²) in [4.78, 5) is 15.1. The highest BCUT2D eigenvalue weighted by molar-refractivity contribution is 5.92. The number of aryl methyl sites for hydroxylation is 1. The third-order valence-electron chi connectivity index (χ3n) is 6.01. The number of nitrogens with one attached hydrogen (secondary N) is 1. The molecule has 2 aromatic rings. The molecule has 1 aromatic carbocycles. The maximum absolute atomic E-state index is 13.3. The van der Waals surface area contributed by atoms with E-state index in [1.165, 1.54) is 0 Å². The first kappa shape index (κ1) is 19.0. The van der Waals surface area contributed by atoms with Gasteiger partial charge in [-0.1, -0.05) is 30.3 Å². The Hall–Kier alpha value is -2.34. The van der Waals surface area contributed by atoms with Crippen LogP contribution in [0.4, 0.5) is 0 Å². The van der Waals surface area contributed by atoms with Crippen LogP contribution in [0.2, 0.25) is 0 Å². The Morgan fingerprint density at radius 3 is 2.86 bits per heavy atom. The summed E-state index contributed by atoms with van der Waals surface area (Å²) in [6.07, 6.45) is 5.70. The molecule has 28 heavy (non-hydrogen) atoms. The maximum atomic E-state index is 13.3. The molecule has 1 aliphatic carbocycles. The number of aromatic nitrogens is 1. The average molecular weight is 383 g/mol. The van der Waals surface area contributed by atoms with Crippen molar-refractivity contribution in [2.24, 2.45) is 0 Å². The van der Waals surface area contributed by atoms with Gasteiger partial charge in [-0.25, -0.2) is 0 Å². The highest BCUT2D eigenvalue weighted by Gasteiger charge is 2.42. The first-order chi connectivity index (χ1) is 13.6. The van der Waals surface area contributed by atoms with E-state index in [0.717, 1.165) is 55.6 Å². The Balaban J connectivity index is 1.62. The van der Waals surface area contributed by atoms with Gasteiger partial charge < -0.3 is 19.5 Å². The Labute approximate surface area is 166 Å². The molecule has 2 aliphatic rings. The van der Waals surface area contributed by atoms with Crippen LogP contribution in [0, 0.1) is 0 Å². The lowest BCUT2D eigenvalue weighted by Crippen LogP contribution is -2.51. The van der Waals surface area contributed by atoms with Crippen molar-refractivity contribution in [3.8, 4) is 5.75 Å². The van der Waals surface area contributed by atoms with Crippen LogP contribution in [0.15, 0.2) is 34.9 Å². The molecular weight excluding hydrogens is 354 g/mol. The molecule has 6 heteroatoms. The summed E-state index contributed by atoms with van der Waals surface area (Å²) in [5.74, 6) is 1.58. The molecule has 0 radical (unpaired) electrons. The molecule has 0 atom stereocenters. The summed E-state index contributed by atoms with van der Waals surface area (Å²) in [7, 11) is 2.01. The summed E-state index contributed by atoms with van der Waals surface area (Å²) >= 11 is 0. The summed E-state index contributed by atoms with van der Waals surface area (Å²) in [6, 6.07) is 10.4. The minimum Gasteiger partial charge on any atom is -0.485 e. The SMILES string of the molecule is CCCc1cc(C(=O)N2Cc3ccccc3OC3(CCC(NC)CC3)C2)no1. The molecule has 1 N–H and O–H groups in total. The normalized spacial score (nSPS) is 24.5. The number of nitrogens with zero attached hydrogens (tertiary/aromatic N) is 2. The van der Waals surface area contributed by atoms with Gasteiger partial charge in [-0.05, 0) is 45.2 Å². The van der Waals surface area contributed by atoms with Crippen molar-refractivity contribution in [1.29, 1.82) is 0 Å². The Morgan fingerprint density at radius 2 is 2.11 bits per heavy atom. The standard InChI is InChI=1S/C22H29N3O3/c1-3-6-18-13-19(24-28-18)21(26)25-14-16-7-4-5-8-20(16)27-22(15-25)11-9-17(23-2)10-12-22/h4-5,7-8,13,17,23H,3,6,9-12,14-15H2,1-2H3. The largest absolute Gasteiger partial charge is 0.485 e. The molecule has 6 nitrogen and oxygen atoms in total. The van der Waals surface area contributed by atoms with Crippen LogP contribution in [-0.2, 0) is 13.0 Å². The van der Waals surface area contributed by atoms with Gasteiger partial charge in [-0.2, -0.15) is 0 Å². The number of amides is 1. The second kappa shape index (κ2) is 7.95. The van der Waals surface area contributed by atoms with E-state index in [1.807, 2.05) is 36.2 Å². The Morgan fingerprint density at radius 1 is 1.32 bits per heavy atom. The number of carbonyl (C=O) groups is 1. The van der Waals surface area contributed by atoms with Crippen LogP contribution in [0.25, 0.3) is 0 Å². The van der Waals surface area contributed by atoms with Crippen LogP contribution < -0.4 is 10.1 Å². The number of hydrogen-bond donors (Lipinski definition) is 1. The van der Waals surface area contributed by atoms with E-state index in [1.54, 1.807) is 6.07 Å². The summed E-state index contributed by atoms with van der Waals surface area (Å²) in [5.41, 5.74) is 1.09. The molecule has 1 spiro atoms. The van der Waals surface area contributed by atoms with Gasteiger partial charge in [0.15, 0.2) is 5.69 Å². The number of rotatable bonds is 4. The molecule has 1 amide bonds. The van der Waals surface area contributed by atoms with Crippen LogP contribution in [0.3, 0.4) is 0 Å². The van der Waals surface area contributed by atoms with Gasteiger partial charge in [-0.3, -0.25) is 4.79 Å². The van der Waals surface area contributed by atoms with E-state index in [9.17, 15) is 4.79 Å². The third kappa shape index (κ3) is 3.78. The van der Waals surface area contributed by atoms with Gasteiger partial charge in [0.1, 0.15) is 17.1 Å². The zero-order valence-corrected chi connectivity index (χ0v) is 16.7. The molecule has 0 unspecified atom stereocenters. The predicted molar refractivity (Wildman–Crippen MR) is 106 cm³/mol. The highest BCUT2D eigenvalue weighted by Crippen LogP contribution is 2.38. The fraction of sp³-hybridized carbons (Fsp3) is 0.545. The molecule has 1 fully saturated rings. The smallest absolute Gasteiger partial charge is 0.276 e. The van der Waals surface area contributed by atoms with Gasteiger partial charge >= 0.3 is 0 Å². The molecule has 1 aromatic heterocycles. The lowest BCUT2D eigenvalue weighted by atomic mass is 9.81. The van der Waals surface area contributed by atoms with E-state index in [0.29, 0.717) is 24.8 Å². The Bertz CT molecular complexity index is 824. The van der Waals surface area contributed by atoms with Gasteiger partial charge in [0.2, 0.25) is 0 Å². The zero-order valence-electron chi connectivity index (χ0n) is 16.7. The van der Waals surface area contributed by atoms with E-state index in [4.69, 9.17) is 9.26 Å². The number of para-hydroxylation sites is 1. The first-order valence-corrected chi connectivity index (χ1v) is 10.3. The van der Waals surface area contributed by atoms with E-state index >= 15 is 0 Å². The molecular formula is C22H29N3O3. The number of hydrogen-bond acceptors (Lipinski definition) is 5. The van der Waals surface area contributed by atoms with Gasteiger partial charge in [0.25, 0.3) is 5.91 Å². The number of ether oxygens (including phenoxy) is 1. The summed E-state index contributed by atoms with van der Waals surface area (Å²) in [5, 5.41) is 7.42. The Kier molecular flexibility index (Phi) is 5.40. The van der Waals surface area contributed by atoms with E-state index < -0.39 is 0 Å². The van der Waals surface area contributed by atoms with Gasteiger partial charge in [-0.15, -0.1) is 0 Å². The number of fused-ring (bicyclic) bond motifs is 1. The fourth-order valence-electron chi connectivity index (χ4n) is 4.39. The lowest BCUT2D eigenvalue weighted by molar-refractivity contribution is 0.000177. The maximum Gasteiger partial charge on any atom is 0.276 e. The van der Waals surface area contributed by atoms with Gasteiger partial charge in [0, 0.05) is 30.6 Å². The number of benzene rings is 1. The quantitative estimate of drug-likeness (QED) is 0.874. The second-order valence-electron chi connectivity index (χ2n) is 8.05. The van der Waals surface area contributed by atoms with E-state index in [-0.39, 0.29) is 11.5 Å². The van der Waals surface area contributed by atoms with Crippen molar-refractivity contribution in [2.75, 3.05) is 13.6 Å². The first-order valence-electron chi connectivity index (χ1n) is 10.3. The monoisotopic (exact) mass is 383 g/mol. The third-order valence-corrected chi connectivity index (χ3v) is 6.01. The lowest BCUT2D eigenvalue weighted by Gasteiger charge is -2.41. The molecule has 0 saturated heterocycles. The van der Waals surface area contributed by atoms with Crippen molar-refractivity contribution in [2.45, 2.75) is 63.6 Å². The highest BCUT2D eigenvalue weighted by atomic mass is 16.5. The van der Waals surface area contributed by atoms with Crippen LogP contribution in [0.5, 0.6) is 5.75 Å². The summed E-state index contributed by atoms with van der Waals surface area (Å²) < 4.78 is 11.9. The van der Waals surface area contributed by atoms with Crippen molar-refractivity contribution < 1.29 is 14.1 Å². The predicted octanol–water partition coefficient (Wildman–Crippen LogP) is 3.56. The van der Waals surface area contributed by atoms with Crippen molar-refractivity contribution in [3.05, 3.63) is 47.3 Å². The molecule has 0 bridgehead atoms. The van der Waals surface area contributed by atoms with Gasteiger partial charge in [0.05, 0.1) is 6.54 Å². The molecule has 4 rings (SSSR count). The minimum atomic E-state index is -0.342. The van der Waals surface area contributed by atoms with E-state index in [2.05, 4.69) is 17.4 Å². The van der Waals surface area contributed by atoms with Crippen molar-refractivity contribution in [3.63, 3.8) is 0 Å². The van der Waals surface area contributed by atoms with Crippen molar-refractivity contribution >= 4 is 5.91 Å². The topological polar surface area (TPSA) is 67.6 Å². The molecule has 150 valence electrons. The molecule has 2 heterocycles. The van der Waals surface area contributed by atoms with Crippen LogP contribution in [0.1, 0.15) is 60.8 Å². The minimum absolute atomic E-state index is 0.0819. The number of carbonyl (C=O) groups excluding carboxylic acids is 1. The summed E-state index contributed by atoms with van der Waals surface area (Å²) in [6.45, 7) is 3.19. The average Bonchev–Trinajstić information content (AvgIpc) is 3.11. The molecule has 1 aliphatic heterocycles. The van der Waals surface area contributed by atoms with Crippen molar-refractivity contribution in [1.82, 2.24) is 15.4 Å². The zero-order chi connectivity index (χ0) is 19.6. The fourth-order valence-corrected chi connectivity index (χ4v) is 4.39.